The van der Waals surface area contributed by atoms with Crippen molar-refractivity contribution in [2.24, 2.45) is 0 Å². The zero-order valence-corrected chi connectivity index (χ0v) is 13.2. The normalized spacial score (nSPS) is 13.6. The third kappa shape index (κ3) is 3.50. The third-order valence-electron chi connectivity index (χ3n) is 3.18. The van der Waals surface area contributed by atoms with Gasteiger partial charge in [-0.2, -0.15) is 0 Å². The number of nitrogens with zero attached hydrogens (tertiary/aromatic N) is 1. The molecule has 0 saturated carbocycles. The maximum atomic E-state index is 12.5. The Labute approximate surface area is 122 Å². The Balaban J connectivity index is 3.02. The van der Waals surface area contributed by atoms with Crippen LogP contribution in [0.2, 0.25) is 0 Å². The lowest BCUT2D eigenvalue weighted by molar-refractivity contribution is -0.129. The first-order valence-electron chi connectivity index (χ1n) is 6.59. The molecule has 2 atom stereocenters. The molecule has 2 unspecified atom stereocenters. The molecule has 0 heterocycles. The van der Waals surface area contributed by atoms with Gasteiger partial charge in [-0.3, -0.25) is 9.00 Å². The Bertz CT molecular complexity index is 501. The Kier molecular flexibility index (Phi) is 6.01. The molecule has 6 heteroatoms. The molecule has 0 radical (unpaired) electrons. The van der Waals surface area contributed by atoms with Gasteiger partial charge in [0.2, 0.25) is 5.91 Å². The highest BCUT2D eigenvalue weighted by atomic mass is 32.2. The third-order valence-corrected chi connectivity index (χ3v) is 4.81. The van der Waals surface area contributed by atoms with Gasteiger partial charge in [0.15, 0.2) is 0 Å². The molecule has 0 spiro atoms. The summed E-state index contributed by atoms with van der Waals surface area (Å²) in [4.78, 5) is 14.4. The minimum absolute atomic E-state index is 0.129. The standard InChI is InChI=1S/C14H22N2O3S/c1-5-16(6-2)14(17)10(3)20(18)13-9-11(19-4)7-8-12(13)15/h7-10H,5-6,15H2,1-4H3. The first-order chi connectivity index (χ1) is 9.46. The summed E-state index contributed by atoms with van der Waals surface area (Å²) in [6.45, 7) is 6.67. The molecule has 0 bridgehead atoms. The fourth-order valence-corrected chi connectivity index (χ4v) is 3.14. The maximum absolute atomic E-state index is 12.5. The first-order valence-corrected chi connectivity index (χ1v) is 7.80. The van der Waals surface area contributed by atoms with Crippen molar-refractivity contribution in [1.29, 1.82) is 0 Å². The molecule has 0 aliphatic rings. The number of methoxy groups -OCH3 is 1. The maximum Gasteiger partial charge on any atom is 0.238 e. The lowest BCUT2D eigenvalue weighted by Crippen LogP contribution is -2.39. The molecule has 0 saturated heterocycles. The number of anilines is 1. The van der Waals surface area contributed by atoms with Crippen molar-refractivity contribution < 1.29 is 13.7 Å². The minimum atomic E-state index is -1.50. The van der Waals surface area contributed by atoms with E-state index in [4.69, 9.17) is 10.5 Å². The summed E-state index contributed by atoms with van der Waals surface area (Å²) in [5.41, 5.74) is 6.26. The van der Waals surface area contributed by atoms with Crippen molar-refractivity contribution >= 4 is 22.4 Å². The molecule has 0 aromatic heterocycles. The molecule has 20 heavy (non-hydrogen) atoms. The Morgan fingerprint density at radius 2 is 2.00 bits per heavy atom. The number of nitrogens with two attached hydrogens (primary N) is 1. The quantitative estimate of drug-likeness (QED) is 0.810. The van der Waals surface area contributed by atoms with Crippen molar-refractivity contribution in [3.63, 3.8) is 0 Å². The largest absolute Gasteiger partial charge is 0.497 e. The van der Waals surface area contributed by atoms with E-state index in [9.17, 15) is 9.00 Å². The van der Waals surface area contributed by atoms with Gasteiger partial charge in [-0.05, 0) is 39.0 Å². The summed E-state index contributed by atoms with van der Waals surface area (Å²) < 4.78 is 17.6. The number of hydrogen-bond acceptors (Lipinski definition) is 4. The zero-order chi connectivity index (χ0) is 15.3. The van der Waals surface area contributed by atoms with E-state index in [-0.39, 0.29) is 5.91 Å². The van der Waals surface area contributed by atoms with Gasteiger partial charge in [0.05, 0.1) is 22.8 Å². The van der Waals surface area contributed by atoms with E-state index < -0.39 is 16.0 Å². The molecule has 1 rings (SSSR count). The number of ether oxygens (including phenoxy) is 1. The highest BCUT2D eigenvalue weighted by Gasteiger charge is 2.26. The number of carbonyl (C=O) groups excluding carboxylic acids is 1. The number of rotatable bonds is 6. The van der Waals surface area contributed by atoms with Crippen LogP contribution in [-0.2, 0) is 15.6 Å². The molecule has 0 fully saturated rings. The molecule has 1 aromatic carbocycles. The average molecular weight is 298 g/mol. The van der Waals surface area contributed by atoms with Crippen LogP contribution in [0.5, 0.6) is 5.75 Å². The molecule has 5 nitrogen and oxygen atoms in total. The van der Waals surface area contributed by atoms with Crippen molar-refractivity contribution in [2.75, 3.05) is 25.9 Å². The van der Waals surface area contributed by atoms with Crippen LogP contribution in [0.4, 0.5) is 5.69 Å². The minimum Gasteiger partial charge on any atom is -0.497 e. The predicted molar refractivity (Wildman–Crippen MR) is 81.2 cm³/mol. The fourth-order valence-electron chi connectivity index (χ4n) is 1.89. The van der Waals surface area contributed by atoms with E-state index >= 15 is 0 Å². The van der Waals surface area contributed by atoms with Crippen molar-refractivity contribution in [2.45, 2.75) is 30.9 Å². The molecule has 1 amide bonds. The number of nitrogen functional groups attached to an aromatic ring is 1. The summed E-state index contributed by atoms with van der Waals surface area (Å²) in [6, 6.07) is 4.96. The lowest BCUT2D eigenvalue weighted by atomic mass is 10.3. The van der Waals surface area contributed by atoms with Gasteiger partial charge < -0.3 is 15.4 Å². The number of benzene rings is 1. The Hall–Kier alpha value is -1.56. The van der Waals surface area contributed by atoms with Gasteiger partial charge in [0.1, 0.15) is 11.0 Å². The summed E-state index contributed by atoms with van der Waals surface area (Å²) >= 11 is 0. The van der Waals surface area contributed by atoms with E-state index in [0.717, 1.165) is 0 Å². The van der Waals surface area contributed by atoms with Crippen LogP contribution in [0.15, 0.2) is 23.1 Å². The topological polar surface area (TPSA) is 72.6 Å². The number of hydrogen-bond donors (Lipinski definition) is 1. The van der Waals surface area contributed by atoms with Gasteiger partial charge in [0.25, 0.3) is 0 Å². The average Bonchev–Trinajstić information content (AvgIpc) is 2.47. The van der Waals surface area contributed by atoms with Crippen LogP contribution in [-0.4, -0.2) is 40.5 Å². The van der Waals surface area contributed by atoms with Gasteiger partial charge >= 0.3 is 0 Å². The van der Waals surface area contributed by atoms with Crippen LogP contribution >= 0.6 is 0 Å². The van der Waals surface area contributed by atoms with Gasteiger partial charge in [-0.25, -0.2) is 0 Å². The van der Waals surface area contributed by atoms with Gasteiger partial charge in [-0.1, -0.05) is 0 Å². The van der Waals surface area contributed by atoms with E-state index in [0.29, 0.717) is 29.4 Å². The van der Waals surface area contributed by atoms with E-state index in [1.165, 1.54) is 7.11 Å². The molecule has 112 valence electrons. The van der Waals surface area contributed by atoms with Crippen molar-refractivity contribution in [3.05, 3.63) is 18.2 Å². The fraction of sp³-hybridized carbons (Fsp3) is 0.500. The Morgan fingerprint density at radius 3 is 2.50 bits per heavy atom. The highest BCUT2D eigenvalue weighted by Crippen LogP contribution is 2.25. The number of amides is 1. The second-order valence-electron chi connectivity index (χ2n) is 4.35. The second-order valence-corrected chi connectivity index (χ2v) is 6.10. The van der Waals surface area contributed by atoms with E-state index in [1.807, 2.05) is 13.8 Å². The predicted octanol–water partition coefficient (Wildman–Crippen LogP) is 1.64. The van der Waals surface area contributed by atoms with Gasteiger partial charge in [0, 0.05) is 18.8 Å². The highest BCUT2D eigenvalue weighted by molar-refractivity contribution is 7.86. The summed E-state index contributed by atoms with van der Waals surface area (Å²) in [5.74, 6) is 0.445. The summed E-state index contributed by atoms with van der Waals surface area (Å²) in [7, 11) is 0.0288. The zero-order valence-electron chi connectivity index (χ0n) is 12.4. The molecular formula is C14H22N2O3S. The first kappa shape index (κ1) is 16.5. The second kappa shape index (κ2) is 7.28. The number of carbonyl (C=O) groups is 1. The van der Waals surface area contributed by atoms with Crippen LogP contribution in [0, 0.1) is 0 Å². The molecular weight excluding hydrogens is 276 g/mol. The monoisotopic (exact) mass is 298 g/mol. The van der Waals surface area contributed by atoms with E-state index in [2.05, 4.69) is 0 Å². The Morgan fingerprint density at radius 1 is 1.40 bits per heavy atom. The van der Waals surface area contributed by atoms with Crippen molar-refractivity contribution in [3.8, 4) is 5.75 Å². The van der Waals surface area contributed by atoms with Crippen molar-refractivity contribution in [1.82, 2.24) is 4.90 Å². The smallest absolute Gasteiger partial charge is 0.238 e. The molecule has 0 aliphatic carbocycles. The molecule has 1 aromatic rings. The molecule has 0 aliphatic heterocycles. The van der Waals surface area contributed by atoms with Crippen LogP contribution in [0.3, 0.4) is 0 Å². The van der Waals surface area contributed by atoms with Crippen LogP contribution < -0.4 is 10.5 Å². The van der Waals surface area contributed by atoms with E-state index in [1.54, 1.807) is 30.0 Å². The summed E-state index contributed by atoms with van der Waals surface area (Å²) in [6.07, 6.45) is 0. The van der Waals surface area contributed by atoms with Crippen LogP contribution in [0.25, 0.3) is 0 Å². The van der Waals surface area contributed by atoms with Crippen LogP contribution in [0.1, 0.15) is 20.8 Å². The van der Waals surface area contributed by atoms with Gasteiger partial charge in [-0.15, -0.1) is 0 Å². The SMILES string of the molecule is CCN(CC)C(=O)C(C)S(=O)c1cc(OC)ccc1N. The molecule has 2 N–H and O–H groups in total. The lowest BCUT2D eigenvalue weighted by Gasteiger charge is -2.22. The summed E-state index contributed by atoms with van der Waals surface area (Å²) in [5, 5.41) is -0.635.